The molecule has 1 fully saturated rings. The Bertz CT molecular complexity index is 473. The third-order valence-electron chi connectivity index (χ3n) is 3.11. The van der Waals surface area contributed by atoms with Crippen molar-refractivity contribution in [2.75, 3.05) is 38.3 Å². The maximum absolute atomic E-state index is 11.9. The molecule has 1 aromatic carbocycles. The Morgan fingerprint density at radius 1 is 1.40 bits per heavy atom. The molecule has 6 nitrogen and oxygen atoms in total. The number of rotatable bonds is 6. The van der Waals surface area contributed by atoms with Gasteiger partial charge in [0.15, 0.2) is 0 Å². The number of amides is 3. The molecule has 1 saturated heterocycles. The summed E-state index contributed by atoms with van der Waals surface area (Å²) in [4.78, 5) is 25.0. The normalized spacial score (nSPS) is 14.2. The Hall–Kier alpha value is -2.08. The van der Waals surface area contributed by atoms with Crippen LogP contribution in [0, 0.1) is 0 Å². The van der Waals surface area contributed by atoms with E-state index in [4.69, 9.17) is 4.74 Å². The van der Waals surface area contributed by atoms with Gasteiger partial charge >= 0.3 is 6.03 Å². The molecule has 1 heterocycles. The first kappa shape index (κ1) is 14.3. The van der Waals surface area contributed by atoms with Gasteiger partial charge in [-0.3, -0.25) is 9.69 Å². The summed E-state index contributed by atoms with van der Waals surface area (Å²) in [5, 5.41) is 5.56. The first-order valence-electron chi connectivity index (χ1n) is 6.65. The second kappa shape index (κ2) is 6.91. The Kier molecular flexibility index (Phi) is 4.95. The molecule has 0 spiro atoms. The lowest BCUT2D eigenvalue weighted by Crippen LogP contribution is -2.28. The third-order valence-corrected chi connectivity index (χ3v) is 3.11. The summed E-state index contributed by atoms with van der Waals surface area (Å²) in [6.07, 6.45) is 0.786. The monoisotopic (exact) mass is 277 g/mol. The van der Waals surface area contributed by atoms with Crippen LogP contribution in [0.5, 0.6) is 0 Å². The highest BCUT2D eigenvalue weighted by atomic mass is 16.5. The summed E-state index contributed by atoms with van der Waals surface area (Å²) >= 11 is 0. The minimum Gasteiger partial charge on any atom is -0.385 e. The number of carbonyl (C=O) groups is 2. The lowest BCUT2D eigenvalue weighted by Gasteiger charge is -2.14. The van der Waals surface area contributed by atoms with Crippen LogP contribution in [0.1, 0.15) is 16.8 Å². The van der Waals surface area contributed by atoms with Crippen LogP contribution in [-0.4, -0.2) is 45.3 Å². The van der Waals surface area contributed by atoms with Gasteiger partial charge in [0.1, 0.15) is 0 Å². The van der Waals surface area contributed by atoms with E-state index in [1.807, 2.05) is 0 Å². The van der Waals surface area contributed by atoms with Gasteiger partial charge in [-0.1, -0.05) is 0 Å². The summed E-state index contributed by atoms with van der Waals surface area (Å²) in [7, 11) is 1.63. The molecule has 1 aliphatic rings. The lowest BCUT2D eigenvalue weighted by molar-refractivity contribution is 0.0948. The zero-order valence-electron chi connectivity index (χ0n) is 11.5. The predicted octanol–water partition coefficient (Wildman–Crippen LogP) is 0.982. The number of nitrogens with one attached hydrogen (secondary N) is 2. The average Bonchev–Trinajstić information content (AvgIpc) is 2.90. The molecule has 1 aromatic rings. The number of carbonyl (C=O) groups excluding carboxylic acids is 2. The van der Waals surface area contributed by atoms with Crippen molar-refractivity contribution in [2.45, 2.75) is 6.42 Å². The largest absolute Gasteiger partial charge is 0.385 e. The van der Waals surface area contributed by atoms with Crippen molar-refractivity contribution in [3.63, 3.8) is 0 Å². The van der Waals surface area contributed by atoms with Gasteiger partial charge in [-0.25, -0.2) is 4.79 Å². The number of hydrogen-bond donors (Lipinski definition) is 2. The molecule has 0 saturated carbocycles. The van der Waals surface area contributed by atoms with Crippen LogP contribution in [0.25, 0.3) is 0 Å². The zero-order chi connectivity index (χ0) is 14.4. The van der Waals surface area contributed by atoms with Gasteiger partial charge in [-0.2, -0.15) is 0 Å². The Morgan fingerprint density at radius 2 is 2.15 bits per heavy atom. The number of nitrogens with zero attached hydrogens (tertiary/aromatic N) is 1. The SMILES string of the molecule is COCCCNC(=O)c1ccc(N2CCNC2=O)cc1. The molecule has 0 unspecified atom stereocenters. The van der Waals surface area contributed by atoms with Crippen molar-refractivity contribution in [3.8, 4) is 0 Å². The van der Waals surface area contributed by atoms with Gasteiger partial charge in [0.2, 0.25) is 0 Å². The van der Waals surface area contributed by atoms with Gasteiger partial charge < -0.3 is 15.4 Å². The molecule has 0 atom stereocenters. The van der Waals surface area contributed by atoms with Crippen molar-refractivity contribution in [3.05, 3.63) is 29.8 Å². The highest BCUT2D eigenvalue weighted by Gasteiger charge is 2.20. The first-order chi connectivity index (χ1) is 9.72. The molecule has 3 amide bonds. The number of urea groups is 1. The number of benzene rings is 1. The molecule has 0 aliphatic carbocycles. The van der Waals surface area contributed by atoms with E-state index in [1.165, 1.54) is 0 Å². The van der Waals surface area contributed by atoms with Crippen molar-refractivity contribution in [1.29, 1.82) is 0 Å². The van der Waals surface area contributed by atoms with E-state index in [9.17, 15) is 9.59 Å². The Balaban J connectivity index is 1.90. The summed E-state index contributed by atoms with van der Waals surface area (Å²) in [5.74, 6) is -0.112. The van der Waals surface area contributed by atoms with Crippen LogP contribution in [0.2, 0.25) is 0 Å². The molecule has 108 valence electrons. The van der Waals surface area contributed by atoms with Gasteiger partial charge in [-0.05, 0) is 30.7 Å². The smallest absolute Gasteiger partial charge is 0.321 e. The molecule has 20 heavy (non-hydrogen) atoms. The van der Waals surface area contributed by atoms with Crippen molar-refractivity contribution in [1.82, 2.24) is 10.6 Å². The van der Waals surface area contributed by atoms with Gasteiger partial charge in [-0.15, -0.1) is 0 Å². The van der Waals surface area contributed by atoms with E-state index < -0.39 is 0 Å². The molecule has 6 heteroatoms. The molecular formula is C14H19N3O3. The highest BCUT2D eigenvalue weighted by Crippen LogP contribution is 2.17. The van der Waals surface area contributed by atoms with Gasteiger partial charge in [0.25, 0.3) is 5.91 Å². The minimum atomic E-state index is -0.112. The third kappa shape index (κ3) is 3.48. The molecule has 0 bridgehead atoms. The molecule has 2 rings (SSSR count). The van der Waals surface area contributed by atoms with E-state index in [0.29, 0.717) is 31.8 Å². The van der Waals surface area contributed by atoms with Gasteiger partial charge in [0.05, 0.1) is 0 Å². The van der Waals surface area contributed by atoms with Crippen molar-refractivity contribution < 1.29 is 14.3 Å². The van der Waals surface area contributed by atoms with E-state index in [2.05, 4.69) is 10.6 Å². The van der Waals surface area contributed by atoms with Crippen LogP contribution in [0.3, 0.4) is 0 Å². The Labute approximate surface area is 118 Å². The van der Waals surface area contributed by atoms with Crippen LogP contribution in [-0.2, 0) is 4.74 Å². The summed E-state index contributed by atoms with van der Waals surface area (Å²) < 4.78 is 4.92. The second-order valence-electron chi connectivity index (χ2n) is 4.53. The summed E-state index contributed by atoms with van der Waals surface area (Å²) in [5.41, 5.74) is 1.39. The number of anilines is 1. The quantitative estimate of drug-likeness (QED) is 0.762. The molecular weight excluding hydrogens is 258 g/mol. The number of methoxy groups -OCH3 is 1. The van der Waals surface area contributed by atoms with Gasteiger partial charge in [0, 0.05) is 44.6 Å². The molecule has 0 radical (unpaired) electrons. The lowest BCUT2D eigenvalue weighted by atomic mass is 10.2. The van der Waals surface area contributed by atoms with Crippen LogP contribution in [0.15, 0.2) is 24.3 Å². The van der Waals surface area contributed by atoms with E-state index in [1.54, 1.807) is 36.3 Å². The van der Waals surface area contributed by atoms with E-state index in [-0.39, 0.29) is 11.9 Å². The fraction of sp³-hybridized carbons (Fsp3) is 0.429. The fourth-order valence-corrected chi connectivity index (χ4v) is 2.03. The summed E-state index contributed by atoms with van der Waals surface area (Å²) in [6.45, 7) is 2.52. The Morgan fingerprint density at radius 3 is 2.75 bits per heavy atom. The average molecular weight is 277 g/mol. The maximum Gasteiger partial charge on any atom is 0.321 e. The standard InChI is InChI=1S/C14H19N3O3/c1-20-10-2-7-15-13(18)11-3-5-12(6-4-11)17-9-8-16-14(17)19/h3-6H,2,7-10H2,1H3,(H,15,18)(H,16,19). The first-order valence-corrected chi connectivity index (χ1v) is 6.65. The fourth-order valence-electron chi connectivity index (χ4n) is 2.03. The highest BCUT2D eigenvalue weighted by molar-refractivity contribution is 5.96. The van der Waals surface area contributed by atoms with E-state index >= 15 is 0 Å². The van der Waals surface area contributed by atoms with Crippen molar-refractivity contribution >= 4 is 17.6 Å². The summed E-state index contributed by atoms with van der Waals surface area (Å²) in [6, 6.07) is 6.94. The van der Waals surface area contributed by atoms with Crippen LogP contribution in [0.4, 0.5) is 10.5 Å². The van der Waals surface area contributed by atoms with E-state index in [0.717, 1.165) is 12.1 Å². The second-order valence-corrected chi connectivity index (χ2v) is 4.53. The molecule has 0 aromatic heterocycles. The molecule has 2 N–H and O–H groups in total. The number of ether oxygens (including phenoxy) is 1. The topological polar surface area (TPSA) is 70.7 Å². The predicted molar refractivity (Wildman–Crippen MR) is 76.0 cm³/mol. The number of hydrogen-bond acceptors (Lipinski definition) is 3. The van der Waals surface area contributed by atoms with Crippen LogP contribution >= 0.6 is 0 Å². The van der Waals surface area contributed by atoms with Crippen molar-refractivity contribution in [2.24, 2.45) is 0 Å². The zero-order valence-corrected chi connectivity index (χ0v) is 11.5. The molecule has 1 aliphatic heterocycles. The maximum atomic E-state index is 11.9. The minimum absolute atomic E-state index is 0.0956. The van der Waals surface area contributed by atoms with Crippen LogP contribution < -0.4 is 15.5 Å².